The zero-order valence-corrected chi connectivity index (χ0v) is 12.2. The maximum Gasteiger partial charge on any atom is 0.356 e. The van der Waals surface area contributed by atoms with Gasteiger partial charge in [-0.05, 0) is 19.3 Å². The molecule has 0 bridgehead atoms. The number of aryl methyl sites for hydroxylation is 1. The van der Waals surface area contributed by atoms with Gasteiger partial charge in [-0.1, -0.05) is 0 Å². The Morgan fingerprint density at radius 3 is 2.64 bits per heavy atom. The fraction of sp³-hybridized carbons (Fsp3) is 0.429. The van der Waals surface area contributed by atoms with Crippen LogP contribution in [0.15, 0.2) is 12.4 Å². The molecule has 2 aromatic rings. The molecule has 1 aliphatic heterocycles. The van der Waals surface area contributed by atoms with Crippen molar-refractivity contribution in [3.8, 4) is 11.5 Å². The molecule has 0 aromatic carbocycles. The van der Waals surface area contributed by atoms with E-state index in [9.17, 15) is 9.18 Å². The molecule has 0 atom stereocenters. The Hall–Kier alpha value is -2.51. The molecule has 0 radical (unpaired) electrons. The Labute approximate surface area is 126 Å². The number of halogens is 1. The highest BCUT2D eigenvalue weighted by atomic mass is 19.1. The van der Waals surface area contributed by atoms with Crippen LogP contribution in [0.25, 0.3) is 11.5 Å². The van der Waals surface area contributed by atoms with Crippen molar-refractivity contribution in [2.75, 3.05) is 18.0 Å². The molecule has 3 rings (SSSR count). The second-order valence-electron chi connectivity index (χ2n) is 5.28. The minimum atomic E-state index is -1.16. The minimum Gasteiger partial charge on any atom is -0.476 e. The van der Waals surface area contributed by atoms with Crippen molar-refractivity contribution in [3.63, 3.8) is 0 Å². The van der Waals surface area contributed by atoms with Crippen molar-refractivity contribution < 1.29 is 14.3 Å². The van der Waals surface area contributed by atoms with Crippen LogP contribution in [0.1, 0.15) is 29.8 Å². The summed E-state index contributed by atoms with van der Waals surface area (Å²) < 4.78 is 15.5. The summed E-state index contributed by atoms with van der Waals surface area (Å²) >= 11 is 0. The first-order chi connectivity index (χ1) is 10.6. The number of piperidine rings is 1. The van der Waals surface area contributed by atoms with Crippen LogP contribution in [-0.2, 0) is 7.05 Å². The highest BCUT2D eigenvalue weighted by molar-refractivity contribution is 5.85. The fourth-order valence-electron chi connectivity index (χ4n) is 2.55. The number of carbonyl (C=O) groups is 1. The van der Waals surface area contributed by atoms with Crippen molar-refractivity contribution in [2.24, 2.45) is 7.05 Å². The molecule has 1 N–H and O–H groups in total. The summed E-state index contributed by atoms with van der Waals surface area (Å²) in [4.78, 5) is 25.2. The molecule has 1 saturated heterocycles. The third-order valence-corrected chi connectivity index (χ3v) is 3.68. The lowest BCUT2D eigenvalue weighted by Gasteiger charge is -2.26. The lowest BCUT2D eigenvalue weighted by atomic mass is 10.1. The number of aromatic nitrogens is 4. The van der Waals surface area contributed by atoms with Gasteiger partial charge in [0.15, 0.2) is 17.3 Å². The van der Waals surface area contributed by atoms with E-state index >= 15 is 0 Å². The molecular weight excluding hydrogens is 289 g/mol. The average molecular weight is 305 g/mol. The maximum atomic E-state index is 14.1. The summed E-state index contributed by atoms with van der Waals surface area (Å²) in [6.45, 7) is 1.68. The van der Waals surface area contributed by atoms with Crippen molar-refractivity contribution in [3.05, 3.63) is 23.9 Å². The highest BCUT2D eigenvalue weighted by Gasteiger charge is 2.20. The van der Waals surface area contributed by atoms with E-state index in [2.05, 4.69) is 15.0 Å². The summed E-state index contributed by atoms with van der Waals surface area (Å²) in [5.41, 5.74) is -0.124. The smallest absolute Gasteiger partial charge is 0.356 e. The molecule has 0 amide bonds. The van der Waals surface area contributed by atoms with Crippen molar-refractivity contribution in [1.82, 2.24) is 19.5 Å². The summed E-state index contributed by atoms with van der Waals surface area (Å²) in [6.07, 6.45) is 5.73. The first-order valence-corrected chi connectivity index (χ1v) is 7.11. The first-order valence-electron chi connectivity index (χ1n) is 7.11. The van der Waals surface area contributed by atoms with Gasteiger partial charge in [0.05, 0.1) is 6.20 Å². The number of carboxylic acids is 1. The minimum absolute atomic E-state index is 0.0190. The van der Waals surface area contributed by atoms with Crippen molar-refractivity contribution in [1.29, 1.82) is 0 Å². The zero-order chi connectivity index (χ0) is 15.7. The quantitative estimate of drug-likeness (QED) is 0.929. The first kappa shape index (κ1) is 14.4. The Bertz CT molecular complexity index is 709. The summed E-state index contributed by atoms with van der Waals surface area (Å²) in [5.74, 6) is -1.15. The van der Waals surface area contributed by atoms with E-state index in [1.54, 1.807) is 7.05 Å². The molecule has 0 aliphatic carbocycles. The molecule has 1 fully saturated rings. The van der Waals surface area contributed by atoms with E-state index in [4.69, 9.17) is 5.11 Å². The summed E-state index contributed by atoms with van der Waals surface area (Å²) in [7, 11) is 1.61. The topological polar surface area (TPSA) is 84.1 Å². The van der Waals surface area contributed by atoms with Gasteiger partial charge in [0, 0.05) is 26.3 Å². The molecule has 7 nitrogen and oxygen atoms in total. The number of rotatable bonds is 3. The fourth-order valence-corrected chi connectivity index (χ4v) is 2.55. The number of aromatic carboxylic acids is 1. The Morgan fingerprint density at radius 1 is 1.27 bits per heavy atom. The van der Waals surface area contributed by atoms with Gasteiger partial charge >= 0.3 is 5.97 Å². The van der Waals surface area contributed by atoms with Crippen LogP contribution in [0, 0.1) is 5.82 Å². The maximum absolute atomic E-state index is 14.1. The number of imidazole rings is 1. The van der Waals surface area contributed by atoms with Gasteiger partial charge in [-0.15, -0.1) is 0 Å². The van der Waals surface area contributed by atoms with Gasteiger partial charge in [0.2, 0.25) is 5.95 Å². The second kappa shape index (κ2) is 5.70. The second-order valence-corrected chi connectivity index (χ2v) is 5.28. The molecule has 0 unspecified atom stereocenters. The van der Waals surface area contributed by atoms with E-state index in [1.165, 1.54) is 17.2 Å². The van der Waals surface area contributed by atoms with E-state index in [0.29, 0.717) is 5.95 Å². The predicted octanol–water partition coefficient (Wildman–Crippen LogP) is 1.70. The lowest BCUT2D eigenvalue weighted by molar-refractivity contribution is 0.0691. The van der Waals surface area contributed by atoms with Crippen molar-refractivity contribution >= 4 is 11.9 Å². The number of hydrogen-bond donors (Lipinski definition) is 1. The summed E-state index contributed by atoms with van der Waals surface area (Å²) in [6, 6.07) is 0. The predicted molar refractivity (Wildman–Crippen MR) is 77.2 cm³/mol. The molecule has 1 aliphatic rings. The van der Waals surface area contributed by atoms with Crippen LogP contribution < -0.4 is 4.90 Å². The monoisotopic (exact) mass is 305 g/mol. The third kappa shape index (κ3) is 2.63. The van der Waals surface area contributed by atoms with Gasteiger partial charge in [0.1, 0.15) is 5.69 Å². The molecule has 8 heteroatoms. The van der Waals surface area contributed by atoms with Crippen LogP contribution >= 0.6 is 0 Å². The van der Waals surface area contributed by atoms with Crippen LogP contribution in [-0.4, -0.2) is 43.7 Å². The average Bonchev–Trinajstić information content (AvgIpc) is 2.91. The number of hydrogen-bond acceptors (Lipinski definition) is 5. The standard InChI is InChI=1S/C14H16FN5O2/c1-19-8-10(13(21)22)17-12(19)11-9(15)7-16-14(18-11)20-5-3-2-4-6-20/h7-8H,2-6H2,1H3,(H,21,22). The van der Waals surface area contributed by atoms with Gasteiger partial charge in [-0.3, -0.25) is 0 Å². The molecule has 0 spiro atoms. The van der Waals surface area contributed by atoms with Crippen LogP contribution in [0.4, 0.5) is 10.3 Å². The number of nitrogens with zero attached hydrogens (tertiary/aromatic N) is 5. The lowest BCUT2D eigenvalue weighted by Crippen LogP contribution is -2.31. The summed E-state index contributed by atoms with van der Waals surface area (Å²) in [5, 5.41) is 8.99. The molecule has 0 saturated carbocycles. The van der Waals surface area contributed by atoms with Gasteiger partial charge in [0.25, 0.3) is 0 Å². The third-order valence-electron chi connectivity index (χ3n) is 3.68. The number of anilines is 1. The number of carboxylic acid groups (broad SMARTS) is 1. The van der Waals surface area contributed by atoms with E-state index in [0.717, 1.165) is 32.1 Å². The Kier molecular flexibility index (Phi) is 3.74. The van der Waals surface area contributed by atoms with Crippen LogP contribution in [0.5, 0.6) is 0 Å². The molecule has 22 heavy (non-hydrogen) atoms. The van der Waals surface area contributed by atoms with Crippen molar-refractivity contribution in [2.45, 2.75) is 19.3 Å². The highest BCUT2D eigenvalue weighted by Crippen LogP contribution is 2.23. The van der Waals surface area contributed by atoms with Gasteiger partial charge in [-0.2, -0.15) is 0 Å². The Balaban J connectivity index is 2.01. The molecular formula is C14H16FN5O2. The van der Waals surface area contributed by atoms with Gasteiger partial charge < -0.3 is 14.6 Å². The van der Waals surface area contributed by atoms with E-state index in [1.807, 2.05) is 4.90 Å². The van der Waals surface area contributed by atoms with Gasteiger partial charge in [-0.25, -0.2) is 24.1 Å². The van der Waals surface area contributed by atoms with E-state index in [-0.39, 0.29) is 17.2 Å². The molecule has 116 valence electrons. The van der Waals surface area contributed by atoms with Crippen LogP contribution in [0.2, 0.25) is 0 Å². The Morgan fingerprint density at radius 2 is 2.00 bits per heavy atom. The molecule has 3 heterocycles. The SMILES string of the molecule is Cn1cc(C(=O)O)nc1-c1nc(N2CCCCC2)ncc1F. The van der Waals surface area contributed by atoms with E-state index < -0.39 is 11.8 Å². The normalized spacial score (nSPS) is 15.1. The zero-order valence-electron chi connectivity index (χ0n) is 12.2. The molecule has 2 aromatic heterocycles. The van der Waals surface area contributed by atoms with Crippen LogP contribution in [0.3, 0.4) is 0 Å². The largest absolute Gasteiger partial charge is 0.476 e.